The fourth-order valence-corrected chi connectivity index (χ4v) is 3.08. The maximum atomic E-state index is 12.2. The number of nitrogens with one attached hydrogen (secondary N) is 1. The van der Waals surface area contributed by atoms with Gasteiger partial charge in [0.1, 0.15) is 5.75 Å². The van der Waals surface area contributed by atoms with Crippen LogP contribution in [0.2, 0.25) is 0 Å². The number of amides is 1. The first kappa shape index (κ1) is 15.6. The average molecular weight is 311 g/mol. The number of hydrogen-bond acceptors (Lipinski definition) is 3. The van der Waals surface area contributed by atoms with Crippen molar-refractivity contribution >= 4 is 5.91 Å². The molecule has 1 amide bonds. The predicted octanol–water partition coefficient (Wildman–Crippen LogP) is 2.40. The molecule has 4 nitrogen and oxygen atoms in total. The molecule has 0 saturated heterocycles. The first-order valence-electron chi connectivity index (χ1n) is 7.85. The molecule has 1 aliphatic rings. The van der Waals surface area contributed by atoms with Crippen molar-refractivity contribution in [1.82, 2.24) is 5.32 Å². The van der Waals surface area contributed by atoms with Crippen LogP contribution in [0.3, 0.4) is 0 Å². The summed E-state index contributed by atoms with van der Waals surface area (Å²) in [6.45, 7) is 0. The normalized spacial score (nSPS) is 19.2. The number of aliphatic hydroxyl groups is 1. The zero-order chi connectivity index (χ0) is 16.2. The monoisotopic (exact) mass is 311 g/mol. The van der Waals surface area contributed by atoms with Crippen LogP contribution in [0.5, 0.6) is 5.75 Å². The number of fused-ring (bicyclic) bond motifs is 1. The van der Waals surface area contributed by atoms with E-state index in [9.17, 15) is 9.90 Å². The van der Waals surface area contributed by atoms with E-state index in [0.717, 1.165) is 22.4 Å². The SMILES string of the molecule is COc1cccc(CCC(=O)N[C@@H]2c3ccccc3C[C@@H]2O)c1. The van der Waals surface area contributed by atoms with Crippen LogP contribution >= 0.6 is 0 Å². The standard InChI is InChI=1S/C19H21NO3/c1-23-15-7-4-5-13(11-15)9-10-18(22)20-19-16-8-3-2-6-14(16)12-17(19)21/h2-8,11,17,19,21H,9-10,12H2,1H3,(H,20,22)/t17-,19+/m0/s1. The number of carbonyl (C=O) groups excluding carboxylic acids is 1. The van der Waals surface area contributed by atoms with Crippen LogP contribution in [0, 0.1) is 0 Å². The Morgan fingerprint density at radius 2 is 2.09 bits per heavy atom. The molecule has 0 aliphatic heterocycles. The minimum Gasteiger partial charge on any atom is -0.497 e. The lowest BCUT2D eigenvalue weighted by Gasteiger charge is -2.18. The lowest BCUT2D eigenvalue weighted by atomic mass is 10.1. The fraction of sp³-hybridized carbons (Fsp3) is 0.316. The van der Waals surface area contributed by atoms with Crippen LogP contribution in [-0.4, -0.2) is 24.2 Å². The Bertz CT molecular complexity index is 699. The van der Waals surface area contributed by atoms with Gasteiger partial charge < -0.3 is 15.2 Å². The number of rotatable bonds is 5. The highest BCUT2D eigenvalue weighted by molar-refractivity contribution is 5.77. The van der Waals surface area contributed by atoms with Crippen LogP contribution < -0.4 is 10.1 Å². The number of aliphatic hydroxyl groups excluding tert-OH is 1. The van der Waals surface area contributed by atoms with Crippen LogP contribution in [0.4, 0.5) is 0 Å². The number of hydrogen-bond donors (Lipinski definition) is 2. The van der Waals surface area contributed by atoms with Gasteiger partial charge in [-0.05, 0) is 35.2 Å². The summed E-state index contributed by atoms with van der Waals surface area (Å²) in [6, 6.07) is 15.3. The second-order valence-electron chi connectivity index (χ2n) is 5.87. The summed E-state index contributed by atoms with van der Waals surface area (Å²) in [6.07, 6.45) is 1.08. The van der Waals surface area contributed by atoms with Crippen molar-refractivity contribution in [3.05, 3.63) is 65.2 Å². The van der Waals surface area contributed by atoms with Crippen molar-refractivity contribution in [3.63, 3.8) is 0 Å². The molecule has 0 spiro atoms. The van der Waals surface area contributed by atoms with Crippen LogP contribution in [0.1, 0.15) is 29.2 Å². The minimum absolute atomic E-state index is 0.0476. The molecule has 2 N–H and O–H groups in total. The molecule has 0 heterocycles. The highest BCUT2D eigenvalue weighted by Crippen LogP contribution is 2.31. The van der Waals surface area contributed by atoms with Gasteiger partial charge in [0, 0.05) is 12.8 Å². The Hall–Kier alpha value is -2.33. The molecule has 23 heavy (non-hydrogen) atoms. The summed E-state index contributed by atoms with van der Waals surface area (Å²) >= 11 is 0. The van der Waals surface area contributed by atoms with Crippen molar-refractivity contribution in [1.29, 1.82) is 0 Å². The van der Waals surface area contributed by atoms with Crippen molar-refractivity contribution in [2.45, 2.75) is 31.4 Å². The van der Waals surface area contributed by atoms with Crippen molar-refractivity contribution in [3.8, 4) is 5.75 Å². The molecule has 0 unspecified atom stereocenters. The summed E-state index contributed by atoms with van der Waals surface area (Å²) in [5.41, 5.74) is 3.19. The molecule has 4 heteroatoms. The van der Waals surface area contributed by atoms with Gasteiger partial charge in [-0.25, -0.2) is 0 Å². The predicted molar refractivity (Wildman–Crippen MR) is 88.4 cm³/mol. The van der Waals surface area contributed by atoms with Gasteiger partial charge in [-0.3, -0.25) is 4.79 Å². The van der Waals surface area contributed by atoms with Crippen LogP contribution in [0.15, 0.2) is 48.5 Å². The summed E-state index contributed by atoms with van der Waals surface area (Å²) in [5.74, 6) is 0.747. The Labute approximate surface area is 136 Å². The highest BCUT2D eigenvalue weighted by atomic mass is 16.5. The third-order valence-corrected chi connectivity index (χ3v) is 4.30. The second kappa shape index (κ2) is 6.84. The van der Waals surface area contributed by atoms with Crippen LogP contribution in [-0.2, 0) is 17.6 Å². The van der Waals surface area contributed by atoms with Gasteiger partial charge in [0.15, 0.2) is 0 Å². The van der Waals surface area contributed by atoms with Crippen LogP contribution in [0.25, 0.3) is 0 Å². The van der Waals surface area contributed by atoms with E-state index in [1.165, 1.54) is 0 Å². The Morgan fingerprint density at radius 1 is 1.26 bits per heavy atom. The van der Waals surface area contributed by atoms with Gasteiger partial charge in [-0.15, -0.1) is 0 Å². The van der Waals surface area contributed by atoms with E-state index in [1.807, 2.05) is 48.5 Å². The summed E-state index contributed by atoms with van der Waals surface area (Å²) in [5, 5.41) is 13.1. The van der Waals surface area contributed by atoms with Gasteiger partial charge in [0.2, 0.25) is 5.91 Å². The molecule has 120 valence electrons. The number of aryl methyl sites for hydroxylation is 1. The first-order chi connectivity index (χ1) is 11.2. The number of carbonyl (C=O) groups is 1. The van der Waals surface area contributed by atoms with Gasteiger partial charge >= 0.3 is 0 Å². The van der Waals surface area contributed by atoms with Crippen molar-refractivity contribution in [2.24, 2.45) is 0 Å². The molecule has 1 aliphatic carbocycles. The van der Waals surface area contributed by atoms with E-state index in [4.69, 9.17) is 4.74 Å². The number of benzene rings is 2. The van der Waals surface area contributed by atoms with Gasteiger partial charge in [0.05, 0.1) is 19.3 Å². The lowest BCUT2D eigenvalue weighted by molar-refractivity contribution is -0.122. The molecule has 0 saturated carbocycles. The smallest absolute Gasteiger partial charge is 0.220 e. The quantitative estimate of drug-likeness (QED) is 0.891. The number of methoxy groups -OCH3 is 1. The van der Waals surface area contributed by atoms with E-state index in [-0.39, 0.29) is 11.9 Å². The molecule has 3 rings (SSSR count). The maximum absolute atomic E-state index is 12.2. The third kappa shape index (κ3) is 3.54. The van der Waals surface area contributed by atoms with E-state index in [1.54, 1.807) is 7.11 Å². The molecule has 0 fully saturated rings. The van der Waals surface area contributed by atoms with Crippen molar-refractivity contribution in [2.75, 3.05) is 7.11 Å². The van der Waals surface area contributed by atoms with E-state index in [0.29, 0.717) is 19.3 Å². The molecule has 2 atom stereocenters. The third-order valence-electron chi connectivity index (χ3n) is 4.30. The molecule has 2 aromatic rings. The highest BCUT2D eigenvalue weighted by Gasteiger charge is 2.31. The van der Waals surface area contributed by atoms with Crippen molar-refractivity contribution < 1.29 is 14.6 Å². The Morgan fingerprint density at radius 3 is 2.91 bits per heavy atom. The second-order valence-corrected chi connectivity index (χ2v) is 5.87. The van der Waals surface area contributed by atoms with Gasteiger partial charge in [0.25, 0.3) is 0 Å². The Kier molecular flexibility index (Phi) is 4.63. The molecule has 0 bridgehead atoms. The zero-order valence-electron chi connectivity index (χ0n) is 13.2. The first-order valence-corrected chi connectivity index (χ1v) is 7.85. The fourth-order valence-electron chi connectivity index (χ4n) is 3.08. The summed E-state index contributed by atoms with van der Waals surface area (Å²) in [7, 11) is 1.63. The van der Waals surface area contributed by atoms with Gasteiger partial charge in [-0.1, -0.05) is 36.4 Å². The minimum atomic E-state index is -0.548. The zero-order valence-corrected chi connectivity index (χ0v) is 13.2. The van der Waals surface area contributed by atoms with E-state index in [2.05, 4.69) is 5.32 Å². The maximum Gasteiger partial charge on any atom is 0.220 e. The Balaban J connectivity index is 1.59. The summed E-state index contributed by atoms with van der Waals surface area (Å²) < 4.78 is 5.19. The van der Waals surface area contributed by atoms with Gasteiger partial charge in [-0.2, -0.15) is 0 Å². The largest absolute Gasteiger partial charge is 0.497 e. The topological polar surface area (TPSA) is 58.6 Å². The molecule has 0 aromatic heterocycles. The summed E-state index contributed by atoms with van der Waals surface area (Å²) in [4.78, 5) is 12.2. The number of ether oxygens (including phenoxy) is 1. The molecule has 0 radical (unpaired) electrons. The van der Waals surface area contributed by atoms with E-state index >= 15 is 0 Å². The van der Waals surface area contributed by atoms with E-state index < -0.39 is 6.10 Å². The molecular formula is C19H21NO3. The average Bonchev–Trinajstić information content (AvgIpc) is 2.89. The molecular weight excluding hydrogens is 290 g/mol. The molecule has 2 aromatic carbocycles. The lowest BCUT2D eigenvalue weighted by Crippen LogP contribution is -2.33.